The number of aryl methyl sites for hydroxylation is 1. The van der Waals surface area contributed by atoms with Gasteiger partial charge in [-0.1, -0.05) is 103 Å². The van der Waals surface area contributed by atoms with E-state index in [1.165, 1.54) is 83.1 Å². The maximum Gasteiger partial charge on any atom is 0.336 e. The largest absolute Gasteiger partial charge is 0.478 e. The molecule has 4 heteroatoms. The number of aromatic carboxylic acids is 2. The van der Waals surface area contributed by atoms with E-state index in [9.17, 15) is 19.8 Å². The summed E-state index contributed by atoms with van der Waals surface area (Å²) in [7, 11) is 0. The third kappa shape index (κ3) is 9.77. The van der Waals surface area contributed by atoms with E-state index >= 15 is 0 Å². The number of carboxylic acid groups (broad SMARTS) is 2. The minimum atomic E-state index is -1.18. The van der Waals surface area contributed by atoms with Gasteiger partial charge in [0.25, 0.3) is 0 Å². The molecule has 0 aliphatic rings. The fourth-order valence-corrected chi connectivity index (χ4v) is 4.26. The minimum absolute atomic E-state index is 0.0344. The van der Waals surface area contributed by atoms with Crippen molar-refractivity contribution in [1.29, 1.82) is 0 Å². The minimum Gasteiger partial charge on any atom is -0.478 e. The van der Waals surface area contributed by atoms with E-state index in [2.05, 4.69) is 6.92 Å². The molecule has 1 aromatic carbocycles. The van der Waals surface area contributed by atoms with Gasteiger partial charge in [0, 0.05) is 0 Å². The first-order chi connectivity index (χ1) is 14.5. The molecule has 1 aromatic rings. The van der Waals surface area contributed by atoms with Crippen molar-refractivity contribution in [3.63, 3.8) is 0 Å². The van der Waals surface area contributed by atoms with Crippen molar-refractivity contribution in [2.24, 2.45) is 0 Å². The Morgan fingerprint density at radius 2 is 1.13 bits per heavy atom. The normalized spacial score (nSPS) is 11.0. The van der Waals surface area contributed by atoms with Crippen molar-refractivity contribution in [2.45, 2.75) is 117 Å². The molecule has 0 heterocycles. The maximum atomic E-state index is 11.6. The molecule has 0 saturated heterocycles. The predicted octanol–water partition coefficient (Wildman–Crippen LogP) is 7.67. The van der Waals surface area contributed by atoms with Crippen molar-refractivity contribution in [1.82, 2.24) is 0 Å². The number of rotatable bonds is 18. The molecule has 0 radical (unpaired) electrons. The molecular weight excluding hydrogens is 376 g/mol. The van der Waals surface area contributed by atoms with Gasteiger partial charge >= 0.3 is 11.9 Å². The summed E-state index contributed by atoms with van der Waals surface area (Å²) in [4.78, 5) is 22.9. The zero-order chi connectivity index (χ0) is 22.2. The lowest BCUT2D eigenvalue weighted by Gasteiger charge is -2.13. The fraction of sp³-hybridized carbons (Fsp3) is 0.692. The molecule has 0 spiro atoms. The number of unbranched alkanes of at least 4 members (excludes halogenated alkanes) is 13. The third-order valence-corrected chi connectivity index (χ3v) is 6.01. The molecule has 0 aliphatic carbocycles. The van der Waals surface area contributed by atoms with E-state index in [0.29, 0.717) is 12.0 Å². The summed E-state index contributed by atoms with van der Waals surface area (Å²) in [6, 6.07) is 3.25. The Labute approximate surface area is 183 Å². The molecule has 0 fully saturated rings. The Bertz CT molecular complexity index is 636. The first-order valence-corrected chi connectivity index (χ1v) is 12.1. The number of hydrogen-bond acceptors (Lipinski definition) is 2. The predicted molar refractivity (Wildman–Crippen MR) is 124 cm³/mol. The highest BCUT2D eigenvalue weighted by Crippen LogP contribution is 2.23. The van der Waals surface area contributed by atoms with Crippen molar-refractivity contribution in [2.75, 3.05) is 0 Å². The summed E-state index contributed by atoms with van der Waals surface area (Å²) in [6.07, 6.45) is 19.7. The van der Waals surface area contributed by atoms with Gasteiger partial charge in [-0.05, 0) is 36.5 Å². The second-order valence-corrected chi connectivity index (χ2v) is 8.44. The average Bonchev–Trinajstić information content (AvgIpc) is 2.73. The van der Waals surface area contributed by atoms with Crippen LogP contribution in [0.4, 0.5) is 0 Å². The van der Waals surface area contributed by atoms with Crippen LogP contribution in [0.25, 0.3) is 0 Å². The van der Waals surface area contributed by atoms with E-state index in [4.69, 9.17) is 0 Å². The number of benzene rings is 1. The molecule has 2 N–H and O–H groups in total. The van der Waals surface area contributed by atoms with Gasteiger partial charge in [-0.15, -0.1) is 0 Å². The van der Waals surface area contributed by atoms with Crippen LogP contribution in [0.1, 0.15) is 136 Å². The van der Waals surface area contributed by atoms with E-state index in [0.717, 1.165) is 24.8 Å². The molecule has 0 saturated carbocycles. The van der Waals surface area contributed by atoms with Crippen LogP contribution < -0.4 is 0 Å². The summed E-state index contributed by atoms with van der Waals surface area (Å²) >= 11 is 0. The average molecular weight is 419 g/mol. The Morgan fingerprint density at radius 3 is 1.53 bits per heavy atom. The first kappa shape index (κ1) is 26.2. The summed E-state index contributed by atoms with van der Waals surface area (Å²) in [6.45, 7) is 4.15. The highest BCUT2D eigenvalue weighted by atomic mass is 16.4. The van der Waals surface area contributed by atoms with Crippen molar-refractivity contribution in [3.8, 4) is 0 Å². The lowest BCUT2D eigenvalue weighted by Crippen LogP contribution is -2.13. The van der Waals surface area contributed by atoms with Crippen molar-refractivity contribution in [3.05, 3.63) is 34.4 Å². The van der Waals surface area contributed by atoms with Gasteiger partial charge in [0.05, 0.1) is 11.1 Å². The topological polar surface area (TPSA) is 74.6 Å². The first-order valence-electron chi connectivity index (χ1n) is 12.1. The van der Waals surface area contributed by atoms with Crippen molar-refractivity contribution >= 4 is 11.9 Å². The number of hydrogen-bond donors (Lipinski definition) is 2. The van der Waals surface area contributed by atoms with Crippen LogP contribution in [0.3, 0.4) is 0 Å². The van der Waals surface area contributed by atoms with Gasteiger partial charge in [0.2, 0.25) is 0 Å². The molecule has 0 amide bonds. The second-order valence-electron chi connectivity index (χ2n) is 8.44. The van der Waals surface area contributed by atoms with E-state index in [1.54, 1.807) is 6.07 Å². The third-order valence-electron chi connectivity index (χ3n) is 6.01. The smallest absolute Gasteiger partial charge is 0.336 e. The molecule has 0 aliphatic heterocycles. The SMILES string of the molecule is CCCCCCCCCCCCCCCCc1ccc(C(=O)O)c(C(=O)O)c1CC. The Hall–Kier alpha value is -1.84. The highest BCUT2D eigenvalue weighted by Gasteiger charge is 2.21. The highest BCUT2D eigenvalue weighted by molar-refractivity contribution is 6.03. The Kier molecular flexibility index (Phi) is 13.9. The molecular formula is C26H42O4. The Morgan fingerprint density at radius 1 is 0.667 bits per heavy atom. The lowest BCUT2D eigenvalue weighted by atomic mass is 9.91. The molecule has 4 nitrogen and oxygen atoms in total. The van der Waals surface area contributed by atoms with Crippen LogP contribution >= 0.6 is 0 Å². The van der Waals surface area contributed by atoms with Gasteiger partial charge in [0.1, 0.15) is 0 Å². The number of carboxylic acids is 2. The zero-order valence-electron chi connectivity index (χ0n) is 19.2. The number of carbonyl (C=O) groups is 2. The van der Waals surface area contributed by atoms with Crippen LogP contribution in [0.5, 0.6) is 0 Å². The fourth-order valence-electron chi connectivity index (χ4n) is 4.26. The molecule has 30 heavy (non-hydrogen) atoms. The summed E-state index contributed by atoms with van der Waals surface area (Å²) in [5.41, 5.74) is 1.52. The van der Waals surface area contributed by atoms with Crippen LogP contribution in [0.15, 0.2) is 12.1 Å². The summed E-state index contributed by atoms with van der Waals surface area (Å²) in [5, 5.41) is 18.8. The van der Waals surface area contributed by atoms with Gasteiger partial charge in [-0.2, -0.15) is 0 Å². The van der Waals surface area contributed by atoms with Gasteiger partial charge in [0.15, 0.2) is 0 Å². The van der Waals surface area contributed by atoms with E-state index < -0.39 is 11.9 Å². The van der Waals surface area contributed by atoms with E-state index in [1.807, 2.05) is 6.92 Å². The maximum absolute atomic E-state index is 11.6. The van der Waals surface area contributed by atoms with Crippen LogP contribution in [0.2, 0.25) is 0 Å². The molecule has 0 unspecified atom stereocenters. The standard InChI is InChI=1S/C26H42O4/c1-3-5-6-7-8-9-10-11-12-13-14-15-16-17-18-21-19-20-23(25(27)28)24(26(29)30)22(21)4-2/h19-20H,3-18H2,1-2H3,(H,27,28)(H,29,30). The zero-order valence-corrected chi connectivity index (χ0v) is 19.2. The van der Waals surface area contributed by atoms with Gasteiger partial charge < -0.3 is 10.2 Å². The van der Waals surface area contributed by atoms with Gasteiger partial charge in [-0.25, -0.2) is 9.59 Å². The molecule has 0 atom stereocenters. The van der Waals surface area contributed by atoms with Crippen LogP contribution in [-0.2, 0) is 12.8 Å². The van der Waals surface area contributed by atoms with E-state index in [-0.39, 0.29) is 11.1 Å². The second kappa shape index (κ2) is 15.9. The lowest BCUT2D eigenvalue weighted by molar-refractivity contribution is 0.0650. The van der Waals surface area contributed by atoms with Crippen LogP contribution in [0, 0.1) is 0 Å². The quantitative estimate of drug-likeness (QED) is 0.240. The van der Waals surface area contributed by atoms with Gasteiger partial charge in [-0.3, -0.25) is 0 Å². The summed E-state index contributed by atoms with van der Waals surface area (Å²) < 4.78 is 0. The molecule has 0 aromatic heterocycles. The molecule has 1 rings (SSSR count). The molecule has 0 bridgehead atoms. The summed E-state index contributed by atoms with van der Waals surface area (Å²) in [5.74, 6) is -2.32. The van der Waals surface area contributed by atoms with Crippen LogP contribution in [-0.4, -0.2) is 22.2 Å². The Balaban J connectivity index is 2.22. The molecule has 170 valence electrons. The monoisotopic (exact) mass is 418 g/mol. The van der Waals surface area contributed by atoms with Crippen molar-refractivity contribution < 1.29 is 19.8 Å².